The maximum atomic E-state index is 13.7. The standard InChI is InChI=1S/C20H15F2N3O3/c1-28-20(27)14-4-2-3-5-16(14)24-18-10-12(8-9-23-18)19(26)25-17-7-6-13(21)11-15(17)22/h2-11H,1H3,(H,23,24)(H,25,26). The minimum absolute atomic E-state index is 0.145. The van der Waals surface area contributed by atoms with Gasteiger partial charge in [0.1, 0.15) is 17.5 Å². The number of benzene rings is 2. The van der Waals surface area contributed by atoms with Gasteiger partial charge in [0.2, 0.25) is 0 Å². The summed E-state index contributed by atoms with van der Waals surface area (Å²) in [5, 5.41) is 5.32. The summed E-state index contributed by atoms with van der Waals surface area (Å²) in [6, 6.07) is 12.4. The third-order valence-corrected chi connectivity index (χ3v) is 3.80. The molecule has 0 unspecified atom stereocenters. The Kier molecular flexibility index (Phi) is 5.59. The van der Waals surface area contributed by atoms with E-state index >= 15 is 0 Å². The normalized spacial score (nSPS) is 10.2. The van der Waals surface area contributed by atoms with Gasteiger partial charge >= 0.3 is 5.97 Å². The fraction of sp³-hybridized carbons (Fsp3) is 0.0500. The van der Waals surface area contributed by atoms with Gasteiger partial charge in [-0.25, -0.2) is 18.6 Å². The average molecular weight is 383 g/mol. The highest BCUT2D eigenvalue weighted by atomic mass is 19.1. The summed E-state index contributed by atoms with van der Waals surface area (Å²) in [4.78, 5) is 28.3. The van der Waals surface area contributed by atoms with Crippen molar-refractivity contribution in [1.82, 2.24) is 4.98 Å². The number of halogens is 2. The van der Waals surface area contributed by atoms with E-state index < -0.39 is 23.5 Å². The minimum atomic E-state index is -0.882. The lowest BCUT2D eigenvalue weighted by Gasteiger charge is -2.11. The zero-order valence-electron chi connectivity index (χ0n) is 14.7. The van der Waals surface area contributed by atoms with E-state index in [4.69, 9.17) is 4.74 Å². The molecule has 0 saturated carbocycles. The number of rotatable bonds is 5. The van der Waals surface area contributed by atoms with E-state index in [1.807, 2.05) is 0 Å². The third kappa shape index (κ3) is 4.29. The molecule has 0 aliphatic carbocycles. The summed E-state index contributed by atoms with van der Waals surface area (Å²) in [6.07, 6.45) is 1.39. The van der Waals surface area contributed by atoms with Crippen molar-refractivity contribution >= 4 is 29.1 Å². The van der Waals surface area contributed by atoms with Crippen LogP contribution in [0.2, 0.25) is 0 Å². The predicted octanol–water partition coefficient (Wildman–Crippen LogP) is 4.14. The number of hydrogen-bond donors (Lipinski definition) is 2. The summed E-state index contributed by atoms with van der Waals surface area (Å²) in [5.74, 6) is -2.45. The van der Waals surface area contributed by atoms with Crippen molar-refractivity contribution in [2.45, 2.75) is 0 Å². The van der Waals surface area contributed by atoms with Gasteiger partial charge in [-0.1, -0.05) is 12.1 Å². The fourth-order valence-corrected chi connectivity index (χ4v) is 2.44. The highest BCUT2D eigenvalue weighted by molar-refractivity contribution is 6.05. The Balaban J connectivity index is 1.81. The first-order valence-electron chi connectivity index (χ1n) is 8.15. The number of carbonyl (C=O) groups is 2. The first kappa shape index (κ1) is 19.0. The molecule has 0 spiro atoms. The largest absolute Gasteiger partial charge is 0.465 e. The Hall–Kier alpha value is -3.81. The zero-order valence-corrected chi connectivity index (χ0v) is 14.7. The van der Waals surface area contributed by atoms with E-state index in [9.17, 15) is 18.4 Å². The van der Waals surface area contributed by atoms with Crippen LogP contribution >= 0.6 is 0 Å². The molecule has 1 heterocycles. The van der Waals surface area contributed by atoms with Gasteiger partial charge in [-0.15, -0.1) is 0 Å². The van der Waals surface area contributed by atoms with Gasteiger partial charge in [-0.05, 0) is 36.4 Å². The molecule has 142 valence electrons. The predicted molar refractivity (Wildman–Crippen MR) is 99.6 cm³/mol. The van der Waals surface area contributed by atoms with Crippen molar-refractivity contribution in [3.8, 4) is 0 Å². The smallest absolute Gasteiger partial charge is 0.339 e. The van der Waals surface area contributed by atoms with Crippen LogP contribution in [0.5, 0.6) is 0 Å². The molecule has 3 aromatic rings. The molecular weight excluding hydrogens is 368 g/mol. The van der Waals surface area contributed by atoms with Crippen molar-refractivity contribution in [1.29, 1.82) is 0 Å². The van der Waals surface area contributed by atoms with Gasteiger partial charge in [-0.3, -0.25) is 4.79 Å². The Bertz CT molecular complexity index is 1040. The molecular formula is C20H15F2N3O3. The van der Waals surface area contributed by atoms with Crippen molar-refractivity contribution in [3.05, 3.63) is 83.6 Å². The molecule has 8 heteroatoms. The van der Waals surface area contributed by atoms with E-state index in [1.165, 1.54) is 25.4 Å². The van der Waals surface area contributed by atoms with Crippen LogP contribution in [0.15, 0.2) is 60.8 Å². The lowest BCUT2D eigenvalue weighted by atomic mass is 10.1. The number of aromatic nitrogens is 1. The number of hydrogen-bond acceptors (Lipinski definition) is 5. The highest BCUT2D eigenvalue weighted by Crippen LogP contribution is 2.22. The lowest BCUT2D eigenvalue weighted by Crippen LogP contribution is -2.14. The summed E-state index contributed by atoms with van der Waals surface area (Å²) in [6.45, 7) is 0. The minimum Gasteiger partial charge on any atom is -0.465 e. The van der Waals surface area contributed by atoms with Crippen LogP contribution in [0.3, 0.4) is 0 Å². The number of nitrogens with zero attached hydrogens (tertiary/aromatic N) is 1. The van der Waals surface area contributed by atoms with Gasteiger partial charge in [0.15, 0.2) is 0 Å². The number of ether oxygens (including phenoxy) is 1. The van der Waals surface area contributed by atoms with E-state index in [-0.39, 0.29) is 11.3 Å². The zero-order chi connectivity index (χ0) is 20.1. The van der Waals surface area contributed by atoms with Crippen LogP contribution in [-0.4, -0.2) is 24.0 Å². The van der Waals surface area contributed by atoms with E-state index in [0.717, 1.165) is 12.1 Å². The lowest BCUT2D eigenvalue weighted by molar-refractivity contribution is 0.0601. The number of amides is 1. The van der Waals surface area contributed by atoms with Crippen LogP contribution in [0, 0.1) is 11.6 Å². The molecule has 1 amide bonds. The number of pyridine rings is 1. The molecule has 2 N–H and O–H groups in total. The van der Waals surface area contributed by atoms with Gasteiger partial charge in [0.05, 0.1) is 24.0 Å². The molecule has 2 aromatic carbocycles. The molecule has 0 atom stereocenters. The average Bonchev–Trinajstić information content (AvgIpc) is 2.70. The molecule has 6 nitrogen and oxygen atoms in total. The second kappa shape index (κ2) is 8.26. The van der Waals surface area contributed by atoms with Crippen LogP contribution in [0.4, 0.5) is 26.0 Å². The third-order valence-electron chi connectivity index (χ3n) is 3.80. The monoisotopic (exact) mass is 383 g/mol. The Morgan fingerprint density at radius 3 is 2.54 bits per heavy atom. The van der Waals surface area contributed by atoms with Gasteiger partial charge in [0.25, 0.3) is 5.91 Å². The molecule has 1 aromatic heterocycles. The Morgan fingerprint density at radius 2 is 1.79 bits per heavy atom. The highest BCUT2D eigenvalue weighted by Gasteiger charge is 2.14. The second-order valence-corrected chi connectivity index (χ2v) is 5.67. The summed E-state index contributed by atoms with van der Waals surface area (Å²) in [5.41, 5.74) is 0.796. The van der Waals surface area contributed by atoms with Crippen molar-refractivity contribution < 1.29 is 23.1 Å². The van der Waals surface area contributed by atoms with Gasteiger partial charge in [-0.2, -0.15) is 0 Å². The van der Waals surface area contributed by atoms with Gasteiger partial charge in [0, 0.05) is 17.8 Å². The maximum Gasteiger partial charge on any atom is 0.339 e. The van der Waals surface area contributed by atoms with Gasteiger partial charge < -0.3 is 15.4 Å². The van der Waals surface area contributed by atoms with E-state index in [2.05, 4.69) is 15.6 Å². The first-order valence-corrected chi connectivity index (χ1v) is 8.15. The Labute approximate surface area is 159 Å². The maximum absolute atomic E-state index is 13.7. The van der Waals surface area contributed by atoms with E-state index in [0.29, 0.717) is 23.1 Å². The van der Waals surface area contributed by atoms with Crippen molar-refractivity contribution in [2.24, 2.45) is 0 Å². The Morgan fingerprint density at radius 1 is 1.00 bits per heavy atom. The van der Waals surface area contributed by atoms with Crippen LogP contribution in [-0.2, 0) is 4.74 Å². The summed E-state index contributed by atoms with van der Waals surface area (Å²) >= 11 is 0. The van der Waals surface area contributed by atoms with Crippen molar-refractivity contribution in [3.63, 3.8) is 0 Å². The van der Waals surface area contributed by atoms with Crippen LogP contribution < -0.4 is 10.6 Å². The van der Waals surface area contributed by atoms with Crippen molar-refractivity contribution in [2.75, 3.05) is 17.7 Å². The number of esters is 1. The number of carbonyl (C=O) groups excluding carboxylic acids is 2. The molecule has 28 heavy (non-hydrogen) atoms. The molecule has 0 radical (unpaired) electrons. The molecule has 0 aliphatic rings. The molecule has 3 rings (SSSR count). The quantitative estimate of drug-likeness (QED) is 0.647. The molecule has 0 fully saturated rings. The molecule has 0 aliphatic heterocycles. The van der Waals surface area contributed by atoms with Crippen LogP contribution in [0.1, 0.15) is 20.7 Å². The topological polar surface area (TPSA) is 80.3 Å². The number of para-hydroxylation sites is 1. The number of methoxy groups -OCH3 is 1. The number of nitrogens with one attached hydrogen (secondary N) is 2. The second-order valence-electron chi connectivity index (χ2n) is 5.67. The SMILES string of the molecule is COC(=O)c1ccccc1Nc1cc(C(=O)Nc2ccc(F)cc2F)ccn1. The first-order chi connectivity index (χ1) is 13.5. The van der Waals surface area contributed by atoms with Crippen LogP contribution in [0.25, 0.3) is 0 Å². The number of anilines is 3. The summed E-state index contributed by atoms with van der Waals surface area (Å²) < 4.78 is 31.4. The molecule has 0 bridgehead atoms. The fourth-order valence-electron chi connectivity index (χ4n) is 2.44. The summed E-state index contributed by atoms with van der Waals surface area (Å²) in [7, 11) is 1.27. The van der Waals surface area contributed by atoms with E-state index in [1.54, 1.807) is 24.3 Å². The molecule has 0 saturated heterocycles.